The lowest BCUT2D eigenvalue weighted by atomic mass is 10.4. The van der Waals surface area contributed by atoms with Gasteiger partial charge in [0.05, 0.1) is 6.61 Å². The summed E-state index contributed by atoms with van der Waals surface area (Å²) in [6, 6.07) is 0. The highest BCUT2D eigenvalue weighted by Crippen LogP contribution is 2.13. The number of ether oxygens (including phenoxy) is 1. The van der Waals surface area contributed by atoms with E-state index in [0.717, 1.165) is 12.8 Å². The second-order valence-electron chi connectivity index (χ2n) is 2.80. The molecule has 0 spiro atoms. The number of carbonyl (C=O) groups is 2. The predicted octanol–water partition coefficient (Wildman–Crippen LogP) is 1.16. The maximum absolute atomic E-state index is 10.6. The van der Waals surface area contributed by atoms with Crippen LogP contribution in [0, 0.1) is 0 Å². The molecule has 0 rings (SSSR count). The molecule has 0 atom stereocenters. The predicted molar refractivity (Wildman–Crippen MR) is 61.6 cm³/mol. The van der Waals surface area contributed by atoms with E-state index in [2.05, 4.69) is 11.7 Å². The molecule has 0 aromatic heterocycles. The number of hydrogen-bond donors (Lipinski definition) is 2. The summed E-state index contributed by atoms with van der Waals surface area (Å²) in [7, 11) is 0. The van der Waals surface area contributed by atoms with Crippen molar-refractivity contribution in [2.24, 2.45) is 0 Å². The van der Waals surface area contributed by atoms with Crippen LogP contribution in [-0.2, 0) is 14.3 Å². The minimum atomic E-state index is -5.08. The molecule has 0 saturated heterocycles. The molecule has 0 aliphatic carbocycles. The maximum Gasteiger partial charge on any atom is 0.490 e. The van der Waals surface area contributed by atoms with Crippen molar-refractivity contribution in [2.75, 3.05) is 13.2 Å². The van der Waals surface area contributed by atoms with Crippen molar-refractivity contribution in [2.45, 2.75) is 39.8 Å². The lowest BCUT2D eigenvalue weighted by molar-refractivity contribution is -0.192. The fourth-order valence-electron chi connectivity index (χ4n) is 0.361. The van der Waals surface area contributed by atoms with Gasteiger partial charge in [0.15, 0.2) is 0 Å². The van der Waals surface area contributed by atoms with Crippen molar-refractivity contribution in [3.63, 3.8) is 0 Å². The fraction of sp³-hybridized carbons (Fsp3) is 0.800. The largest absolute Gasteiger partial charge is 0.490 e. The van der Waals surface area contributed by atoms with E-state index < -0.39 is 12.1 Å². The van der Waals surface area contributed by atoms with Crippen molar-refractivity contribution >= 4 is 11.9 Å². The smallest absolute Gasteiger partial charge is 0.475 e. The van der Waals surface area contributed by atoms with Crippen molar-refractivity contribution in [3.8, 4) is 0 Å². The van der Waals surface area contributed by atoms with Crippen molar-refractivity contribution < 1.29 is 43.2 Å². The van der Waals surface area contributed by atoms with E-state index in [1.54, 1.807) is 6.92 Å². The van der Waals surface area contributed by atoms with Crippen LogP contribution >= 0.6 is 0 Å². The highest BCUT2D eigenvalue weighted by Gasteiger charge is 2.38. The third-order valence-corrected chi connectivity index (χ3v) is 1.10. The highest BCUT2D eigenvalue weighted by molar-refractivity contribution is 5.73. The number of unbranched alkanes of at least 4 members (excludes halogenated alkanes) is 1. The molecule has 4 N–H and O–H groups in total. The molecule has 0 bridgehead atoms. The molecule has 0 heterocycles. The summed E-state index contributed by atoms with van der Waals surface area (Å²) in [6.07, 6.45) is -3.05. The van der Waals surface area contributed by atoms with Crippen LogP contribution in [0.25, 0.3) is 0 Å². The van der Waals surface area contributed by atoms with Crippen LogP contribution in [0.15, 0.2) is 0 Å². The van der Waals surface area contributed by atoms with Gasteiger partial charge in [-0.3, -0.25) is 4.79 Å². The van der Waals surface area contributed by atoms with Crippen LogP contribution in [-0.4, -0.2) is 47.0 Å². The van der Waals surface area contributed by atoms with Gasteiger partial charge in [-0.25, -0.2) is 4.79 Å². The first-order chi connectivity index (χ1) is 8.13. The molecule has 19 heavy (non-hydrogen) atoms. The minimum Gasteiger partial charge on any atom is -0.475 e. The van der Waals surface area contributed by atoms with Gasteiger partial charge in [-0.1, -0.05) is 13.3 Å². The highest BCUT2D eigenvalue weighted by atomic mass is 19.4. The van der Waals surface area contributed by atoms with Gasteiger partial charge in [-0.2, -0.15) is 13.2 Å². The first kappa shape index (κ1) is 26.3. The van der Waals surface area contributed by atoms with Crippen LogP contribution in [0.3, 0.4) is 0 Å². The van der Waals surface area contributed by atoms with Crippen LogP contribution < -0.4 is 0 Å². The van der Waals surface area contributed by atoms with Crippen molar-refractivity contribution in [1.82, 2.24) is 0 Å². The van der Waals surface area contributed by atoms with E-state index in [4.69, 9.17) is 15.0 Å². The third kappa shape index (κ3) is 38.4. The van der Waals surface area contributed by atoms with Crippen LogP contribution in [0.2, 0.25) is 0 Å². The van der Waals surface area contributed by atoms with Crippen molar-refractivity contribution in [1.29, 1.82) is 0 Å². The molecular formula is C10H21F3O6. The molecule has 0 aromatic carbocycles. The van der Waals surface area contributed by atoms with Gasteiger partial charge >= 0.3 is 18.1 Å². The lowest BCUT2D eigenvalue weighted by Gasteiger charge is -1.93. The van der Waals surface area contributed by atoms with Gasteiger partial charge in [0.1, 0.15) is 0 Å². The zero-order chi connectivity index (χ0) is 15.2. The molecule has 6 nitrogen and oxygen atoms in total. The molecule has 9 heteroatoms. The second kappa shape index (κ2) is 16.6. The van der Waals surface area contributed by atoms with Gasteiger partial charge < -0.3 is 20.4 Å². The molecule has 0 saturated carbocycles. The normalized spacial score (nSPS) is 8.79. The van der Waals surface area contributed by atoms with E-state index in [1.807, 2.05) is 0 Å². The Bertz CT molecular complexity index is 216. The number of carbonyl (C=O) groups excluding carboxylic acids is 1. The quantitative estimate of drug-likeness (QED) is 0.758. The number of aliphatic hydroxyl groups excluding tert-OH is 1. The number of carboxylic acid groups (broad SMARTS) is 1. The topological polar surface area (TPSA) is 115 Å². The summed E-state index contributed by atoms with van der Waals surface area (Å²) in [4.78, 5) is 18.7. The number of carboxylic acids is 1. The van der Waals surface area contributed by atoms with Crippen LogP contribution in [0.4, 0.5) is 13.2 Å². The van der Waals surface area contributed by atoms with Crippen molar-refractivity contribution in [3.05, 3.63) is 0 Å². The molecule has 0 radical (unpaired) electrons. The Labute approximate surface area is 109 Å². The Kier molecular flexibility index (Phi) is 23.0. The lowest BCUT2D eigenvalue weighted by Crippen LogP contribution is -2.21. The zero-order valence-electron chi connectivity index (χ0n) is 11.1. The molecule has 0 aliphatic heterocycles. The Balaban J connectivity index is -0.0000000878. The Morgan fingerprint density at radius 3 is 1.58 bits per heavy atom. The van der Waals surface area contributed by atoms with E-state index in [-0.39, 0.29) is 11.4 Å². The summed E-state index contributed by atoms with van der Waals surface area (Å²) in [5, 5.41) is 15.2. The zero-order valence-corrected chi connectivity index (χ0v) is 11.1. The van der Waals surface area contributed by atoms with E-state index in [9.17, 15) is 18.0 Å². The summed E-state index contributed by atoms with van der Waals surface area (Å²) in [5.74, 6) is -2.97. The SMILES string of the molecule is CCCCO.CCOC(C)=O.O.O=C(O)C(F)(F)F. The van der Waals surface area contributed by atoms with E-state index in [0.29, 0.717) is 13.2 Å². The Hall–Kier alpha value is -1.35. The minimum absolute atomic E-state index is 0. The third-order valence-electron chi connectivity index (χ3n) is 1.10. The number of halogens is 3. The number of hydrogen-bond acceptors (Lipinski definition) is 4. The maximum atomic E-state index is 10.6. The van der Waals surface area contributed by atoms with Crippen LogP contribution in [0.5, 0.6) is 0 Å². The molecule has 0 fully saturated rings. The molecule has 0 aromatic rings. The number of aliphatic hydroxyl groups is 1. The average molecular weight is 294 g/mol. The average Bonchev–Trinajstić information content (AvgIpc) is 2.18. The second-order valence-corrected chi connectivity index (χ2v) is 2.80. The standard InChI is InChI=1S/C4H8O2.C4H10O.C2HF3O2.H2O/c1-3-6-4(2)5;1-2-3-4-5;3-2(4,5)1(6)7;/h3H2,1-2H3;5H,2-4H2,1H3;(H,6,7);1H2. The Morgan fingerprint density at radius 2 is 1.58 bits per heavy atom. The Morgan fingerprint density at radius 1 is 1.21 bits per heavy atom. The summed E-state index contributed by atoms with van der Waals surface area (Å²) < 4.78 is 36.1. The first-order valence-electron chi connectivity index (χ1n) is 5.17. The van der Waals surface area contributed by atoms with E-state index in [1.165, 1.54) is 6.92 Å². The molecule has 0 aliphatic rings. The van der Waals surface area contributed by atoms with Crippen LogP contribution in [0.1, 0.15) is 33.6 Å². The van der Waals surface area contributed by atoms with Gasteiger partial charge in [-0.15, -0.1) is 0 Å². The fourth-order valence-corrected chi connectivity index (χ4v) is 0.361. The summed E-state index contributed by atoms with van der Waals surface area (Å²) >= 11 is 0. The van der Waals surface area contributed by atoms with Gasteiger partial charge in [-0.05, 0) is 13.3 Å². The first-order valence-corrected chi connectivity index (χ1v) is 5.17. The molecule has 0 unspecified atom stereocenters. The molecule has 0 amide bonds. The molecular weight excluding hydrogens is 273 g/mol. The monoisotopic (exact) mass is 294 g/mol. The summed E-state index contributed by atoms with van der Waals surface area (Å²) in [5.41, 5.74) is 0. The van der Waals surface area contributed by atoms with Gasteiger partial charge in [0, 0.05) is 13.5 Å². The number of rotatable bonds is 3. The number of aliphatic carboxylic acids is 1. The molecule has 118 valence electrons. The number of esters is 1. The number of alkyl halides is 3. The van der Waals surface area contributed by atoms with Gasteiger partial charge in [0.2, 0.25) is 0 Å². The van der Waals surface area contributed by atoms with Gasteiger partial charge in [0.25, 0.3) is 0 Å². The summed E-state index contributed by atoms with van der Waals surface area (Å²) in [6.45, 7) is 6.05. The van der Waals surface area contributed by atoms with E-state index >= 15 is 0 Å².